The molecule has 0 aromatic rings. The molecule has 1 heterocycles. The Balaban J connectivity index is 2.68. The van der Waals surface area contributed by atoms with E-state index in [1.807, 2.05) is 0 Å². The minimum atomic E-state index is -0.759. The second-order valence-electron chi connectivity index (χ2n) is 4.03. The maximum absolute atomic E-state index is 12.0. The number of carbonyl (C=O) groups excluding carboxylic acids is 3. The summed E-state index contributed by atoms with van der Waals surface area (Å²) >= 11 is 0. The van der Waals surface area contributed by atoms with Crippen LogP contribution in [-0.2, 0) is 19.1 Å². The van der Waals surface area contributed by atoms with Crippen LogP contribution < -0.4 is 16.4 Å². The number of likely N-dealkylation sites (N-methyl/N-ethyl adjacent to an activating group) is 1. The predicted octanol–water partition coefficient (Wildman–Crippen LogP) is -2.58. The lowest BCUT2D eigenvalue weighted by molar-refractivity contribution is -0.155. The first-order valence-electron chi connectivity index (χ1n) is 6.26. The van der Waals surface area contributed by atoms with Crippen LogP contribution in [0.1, 0.15) is 6.92 Å². The Morgan fingerprint density at radius 2 is 2.11 bits per heavy atom. The third-order valence-corrected chi connectivity index (χ3v) is 2.67. The first-order chi connectivity index (χ1) is 9.11. The number of ether oxygens (including phenoxy) is 1. The van der Waals surface area contributed by atoms with Gasteiger partial charge in [-0.2, -0.15) is 0 Å². The molecule has 0 aliphatic carbocycles. The lowest BCUT2D eigenvalue weighted by Crippen LogP contribution is -2.58. The first kappa shape index (κ1) is 15.4. The number of hydrogen-bond acceptors (Lipinski definition) is 5. The molecule has 0 saturated carbocycles. The highest BCUT2D eigenvalue weighted by Crippen LogP contribution is 2.07. The highest BCUT2D eigenvalue weighted by molar-refractivity contribution is 6.35. The summed E-state index contributed by atoms with van der Waals surface area (Å²) in [5, 5.41) is 5.01. The van der Waals surface area contributed by atoms with Gasteiger partial charge in [0.25, 0.3) is 0 Å². The molecule has 19 heavy (non-hydrogen) atoms. The molecule has 1 unspecified atom stereocenters. The molecule has 0 aromatic heterocycles. The average molecular weight is 272 g/mol. The molecule has 0 radical (unpaired) electrons. The molecule has 8 heteroatoms. The number of nitrogens with one attached hydrogen (secondary N) is 2. The van der Waals surface area contributed by atoms with Crippen molar-refractivity contribution in [1.29, 1.82) is 0 Å². The van der Waals surface area contributed by atoms with Crippen LogP contribution >= 0.6 is 0 Å². The summed E-state index contributed by atoms with van der Waals surface area (Å²) in [5.74, 6) is -1.79. The molecule has 1 rings (SSSR count). The summed E-state index contributed by atoms with van der Waals surface area (Å²) < 4.78 is 5.18. The molecule has 1 saturated heterocycles. The maximum Gasteiger partial charge on any atom is 0.312 e. The van der Waals surface area contributed by atoms with Crippen molar-refractivity contribution in [2.45, 2.75) is 13.0 Å². The molecule has 8 nitrogen and oxygen atoms in total. The molecule has 1 aliphatic heterocycles. The van der Waals surface area contributed by atoms with E-state index in [0.717, 1.165) is 0 Å². The van der Waals surface area contributed by atoms with E-state index < -0.39 is 17.9 Å². The van der Waals surface area contributed by atoms with Crippen molar-refractivity contribution in [1.82, 2.24) is 15.5 Å². The van der Waals surface area contributed by atoms with Gasteiger partial charge in [-0.25, -0.2) is 0 Å². The number of nitrogens with zero attached hydrogens (tertiary/aromatic N) is 1. The van der Waals surface area contributed by atoms with E-state index >= 15 is 0 Å². The molecule has 3 amide bonds. The Hall–Kier alpha value is -1.67. The van der Waals surface area contributed by atoms with Crippen molar-refractivity contribution in [3.8, 4) is 0 Å². The fraction of sp³-hybridized carbons (Fsp3) is 0.727. The summed E-state index contributed by atoms with van der Waals surface area (Å²) in [4.78, 5) is 36.6. The standard InChI is InChI=1S/C11H20N4O4/c1-2-13-9(16)8-7-19-6-5-15(8)11(18)10(17)14-4-3-12/h8H,2-7,12H2,1H3,(H,13,16)(H,14,17). The number of carbonyl (C=O) groups is 3. The Labute approximate surface area is 111 Å². The maximum atomic E-state index is 12.0. The molecule has 0 spiro atoms. The lowest BCUT2D eigenvalue weighted by Gasteiger charge is -2.33. The van der Waals surface area contributed by atoms with Crippen LogP contribution in [0.3, 0.4) is 0 Å². The number of amides is 3. The van der Waals surface area contributed by atoms with Gasteiger partial charge >= 0.3 is 11.8 Å². The monoisotopic (exact) mass is 272 g/mol. The number of morpholine rings is 1. The topological polar surface area (TPSA) is 114 Å². The Morgan fingerprint density at radius 3 is 2.74 bits per heavy atom. The minimum Gasteiger partial charge on any atom is -0.377 e. The van der Waals surface area contributed by atoms with Gasteiger partial charge in [-0.3, -0.25) is 14.4 Å². The molecule has 1 atom stereocenters. The molecular formula is C11H20N4O4. The third-order valence-electron chi connectivity index (χ3n) is 2.67. The van der Waals surface area contributed by atoms with Crippen LogP contribution in [0.15, 0.2) is 0 Å². The largest absolute Gasteiger partial charge is 0.377 e. The zero-order chi connectivity index (χ0) is 14.3. The smallest absolute Gasteiger partial charge is 0.312 e. The van der Waals surface area contributed by atoms with Crippen molar-refractivity contribution < 1.29 is 19.1 Å². The van der Waals surface area contributed by atoms with Crippen molar-refractivity contribution in [2.75, 3.05) is 39.4 Å². The van der Waals surface area contributed by atoms with Crippen molar-refractivity contribution >= 4 is 17.7 Å². The molecule has 0 bridgehead atoms. The number of rotatable bonds is 4. The Kier molecular flexibility index (Phi) is 6.23. The predicted molar refractivity (Wildman–Crippen MR) is 67.1 cm³/mol. The van der Waals surface area contributed by atoms with Gasteiger partial charge in [-0.15, -0.1) is 0 Å². The van der Waals surface area contributed by atoms with Crippen LogP contribution in [0.4, 0.5) is 0 Å². The normalized spacial score (nSPS) is 18.8. The van der Waals surface area contributed by atoms with E-state index in [2.05, 4.69) is 10.6 Å². The summed E-state index contributed by atoms with van der Waals surface area (Å²) in [6, 6.07) is -0.759. The molecule has 1 fully saturated rings. The van der Waals surface area contributed by atoms with E-state index in [9.17, 15) is 14.4 Å². The van der Waals surface area contributed by atoms with Crippen molar-refractivity contribution in [3.63, 3.8) is 0 Å². The highest BCUT2D eigenvalue weighted by Gasteiger charge is 2.35. The minimum absolute atomic E-state index is 0.0990. The first-order valence-corrected chi connectivity index (χ1v) is 6.26. The van der Waals surface area contributed by atoms with Gasteiger partial charge in [-0.05, 0) is 6.92 Å². The number of hydrogen-bond donors (Lipinski definition) is 3. The zero-order valence-corrected chi connectivity index (χ0v) is 11.0. The van der Waals surface area contributed by atoms with Crippen molar-refractivity contribution in [2.24, 2.45) is 5.73 Å². The third kappa shape index (κ3) is 4.18. The van der Waals surface area contributed by atoms with E-state index in [0.29, 0.717) is 13.2 Å². The molecular weight excluding hydrogens is 252 g/mol. The fourth-order valence-corrected chi connectivity index (χ4v) is 1.75. The van der Waals surface area contributed by atoms with Gasteiger partial charge < -0.3 is 26.0 Å². The molecule has 1 aliphatic rings. The van der Waals surface area contributed by atoms with E-state index in [1.54, 1.807) is 6.92 Å². The van der Waals surface area contributed by atoms with Crippen LogP contribution in [0.5, 0.6) is 0 Å². The van der Waals surface area contributed by atoms with Gasteiger partial charge in [0.1, 0.15) is 6.04 Å². The second kappa shape index (κ2) is 7.70. The van der Waals surface area contributed by atoms with Crippen LogP contribution in [0.25, 0.3) is 0 Å². The molecule has 108 valence electrons. The van der Waals surface area contributed by atoms with Gasteiger partial charge in [0.15, 0.2) is 0 Å². The summed E-state index contributed by atoms with van der Waals surface area (Å²) in [6.07, 6.45) is 0. The van der Waals surface area contributed by atoms with E-state index in [1.165, 1.54) is 4.90 Å². The summed E-state index contributed by atoms with van der Waals surface area (Å²) in [6.45, 7) is 3.34. The Morgan fingerprint density at radius 1 is 1.37 bits per heavy atom. The van der Waals surface area contributed by atoms with Gasteiger partial charge in [0, 0.05) is 26.2 Å². The average Bonchev–Trinajstić information content (AvgIpc) is 2.44. The van der Waals surface area contributed by atoms with Gasteiger partial charge in [0.2, 0.25) is 5.91 Å². The molecule has 4 N–H and O–H groups in total. The van der Waals surface area contributed by atoms with Crippen LogP contribution in [-0.4, -0.2) is 68.1 Å². The van der Waals surface area contributed by atoms with E-state index in [4.69, 9.17) is 10.5 Å². The summed E-state index contributed by atoms with van der Waals surface area (Å²) in [7, 11) is 0. The van der Waals surface area contributed by atoms with Crippen LogP contribution in [0.2, 0.25) is 0 Å². The summed E-state index contributed by atoms with van der Waals surface area (Å²) in [5.41, 5.74) is 5.25. The van der Waals surface area contributed by atoms with E-state index in [-0.39, 0.29) is 32.1 Å². The highest BCUT2D eigenvalue weighted by atomic mass is 16.5. The Bertz CT molecular complexity index is 348. The fourth-order valence-electron chi connectivity index (χ4n) is 1.75. The molecule has 0 aromatic carbocycles. The second-order valence-corrected chi connectivity index (χ2v) is 4.03. The van der Waals surface area contributed by atoms with Gasteiger partial charge in [0.05, 0.1) is 13.2 Å². The lowest BCUT2D eigenvalue weighted by atomic mass is 10.2. The quantitative estimate of drug-likeness (QED) is 0.487. The van der Waals surface area contributed by atoms with Crippen LogP contribution in [0, 0.1) is 0 Å². The van der Waals surface area contributed by atoms with Gasteiger partial charge in [-0.1, -0.05) is 0 Å². The van der Waals surface area contributed by atoms with Crippen molar-refractivity contribution in [3.05, 3.63) is 0 Å². The number of nitrogens with two attached hydrogens (primary N) is 1. The zero-order valence-electron chi connectivity index (χ0n) is 11.0. The SMILES string of the molecule is CCNC(=O)C1COCCN1C(=O)C(=O)NCCN.